The van der Waals surface area contributed by atoms with Crippen LogP contribution in [0, 0.1) is 17.0 Å². The monoisotopic (exact) mass is 383 g/mol. The maximum absolute atomic E-state index is 12.7. The third-order valence-corrected chi connectivity index (χ3v) is 5.30. The molecule has 9 nitrogen and oxygen atoms in total. The standard InChI is InChI=1S/C14H13N3O6S2/c1-7(18)12(14-15-8(2)16-24-14)13(19)10-5-4-9(25(3,22)23)6-11(10)17(20)21/h4-6,12H,1-3H3. The minimum absolute atomic E-state index is 0.136. The molecule has 0 saturated heterocycles. The second-order valence-electron chi connectivity index (χ2n) is 5.30. The molecular weight excluding hydrogens is 370 g/mol. The van der Waals surface area contributed by atoms with Gasteiger partial charge in [-0.1, -0.05) is 0 Å². The Morgan fingerprint density at radius 3 is 2.40 bits per heavy atom. The van der Waals surface area contributed by atoms with Crippen LogP contribution in [0.5, 0.6) is 0 Å². The highest BCUT2D eigenvalue weighted by atomic mass is 32.2. The third-order valence-electron chi connectivity index (χ3n) is 3.32. The number of aromatic nitrogens is 2. The van der Waals surface area contributed by atoms with Crippen LogP contribution in [0.4, 0.5) is 5.69 Å². The summed E-state index contributed by atoms with van der Waals surface area (Å²) in [5.74, 6) is -2.31. The number of hydrogen-bond donors (Lipinski definition) is 0. The van der Waals surface area contributed by atoms with E-state index in [1.165, 1.54) is 6.92 Å². The van der Waals surface area contributed by atoms with Crippen molar-refractivity contribution in [1.29, 1.82) is 0 Å². The van der Waals surface area contributed by atoms with Gasteiger partial charge in [0.05, 0.1) is 15.4 Å². The van der Waals surface area contributed by atoms with E-state index in [4.69, 9.17) is 0 Å². The molecule has 2 rings (SSSR count). The smallest absolute Gasteiger partial charge is 0.281 e. The summed E-state index contributed by atoms with van der Waals surface area (Å²) in [6, 6.07) is 2.95. The fourth-order valence-electron chi connectivity index (χ4n) is 2.16. The summed E-state index contributed by atoms with van der Waals surface area (Å²) in [4.78, 5) is 38.8. The predicted molar refractivity (Wildman–Crippen MR) is 88.6 cm³/mol. The largest absolute Gasteiger partial charge is 0.299 e. The van der Waals surface area contributed by atoms with E-state index >= 15 is 0 Å². The van der Waals surface area contributed by atoms with Crippen LogP contribution in [-0.4, -0.2) is 40.5 Å². The Balaban J connectivity index is 2.60. The van der Waals surface area contributed by atoms with Crippen LogP contribution in [0.15, 0.2) is 23.1 Å². The van der Waals surface area contributed by atoms with Gasteiger partial charge in [-0.05, 0) is 37.5 Å². The Morgan fingerprint density at radius 2 is 1.96 bits per heavy atom. The molecule has 0 amide bonds. The quantitative estimate of drug-likeness (QED) is 0.318. The van der Waals surface area contributed by atoms with E-state index < -0.39 is 37.9 Å². The molecule has 0 saturated carbocycles. The minimum Gasteiger partial charge on any atom is -0.299 e. The first-order valence-corrected chi connectivity index (χ1v) is 9.52. The van der Waals surface area contributed by atoms with E-state index in [0.29, 0.717) is 5.82 Å². The van der Waals surface area contributed by atoms with E-state index in [0.717, 1.165) is 36.0 Å². The lowest BCUT2D eigenvalue weighted by Crippen LogP contribution is -2.21. The van der Waals surface area contributed by atoms with Gasteiger partial charge in [-0.3, -0.25) is 19.7 Å². The number of Topliss-reactive ketones (excluding diaryl/α,β-unsaturated/α-hetero) is 2. The van der Waals surface area contributed by atoms with Crippen molar-refractivity contribution in [1.82, 2.24) is 9.36 Å². The van der Waals surface area contributed by atoms with Crippen LogP contribution < -0.4 is 0 Å². The van der Waals surface area contributed by atoms with Crippen LogP contribution >= 0.6 is 11.5 Å². The molecule has 0 aliphatic heterocycles. The van der Waals surface area contributed by atoms with Gasteiger partial charge < -0.3 is 0 Å². The zero-order valence-corrected chi connectivity index (χ0v) is 15.1. The summed E-state index contributed by atoms with van der Waals surface area (Å²) >= 11 is 0.862. The van der Waals surface area contributed by atoms with Gasteiger partial charge in [-0.15, -0.1) is 0 Å². The van der Waals surface area contributed by atoms with Crippen molar-refractivity contribution in [2.24, 2.45) is 0 Å². The normalized spacial score (nSPS) is 12.6. The maximum atomic E-state index is 12.7. The summed E-state index contributed by atoms with van der Waals surface area (Å²) in [7, 11) is -3.69. The van der Waals surface area contributed by atoms with Crippen LogP contribution in [0.3, 0.4) is 0 Å². The Bertz CT molecular complexity index is 980. The maximum Gasteiger partial charge on any atom is 0.281 e. The minimum atomic E-state index is -3.69. The number of carbonyl (C=O) groups excluding carboxylic acids is 2. The number of nitro benzene ring substituents is 1. The Hall–Kier alpha value is -2.53. The molecule has 11 heteroatoms. The van der Waals surface area contributed by atoms with Crippen molar-refractivity contribution in [2.45, 2.75) is 24.7 Å². The Labute approximate surface area is 147 Å². The molecule has 1 atom stereocenters. The third kappa shape index (κ3) is 3.94. The van der Waals surface area contributed by atoms with E-state index in [1.807, 2.05) is 0 Å². The molecule has 0 aliphatic rings. The first-order valence-electron chi connectivity index (χ1n) is 6.85. The zero-order chi connectivity index (χ0) is 18.9. The van der Waals surface area contributed by atoms with Crippen LogP contribution in [0.1, 0.15) is 34.0 Å². The van der Waals surface area contributed by atoms with Crippen molar-refractivity contribution in [3.05, 3.63) is 44.7 Å². The van der Waals surface area contributed by atoms with E-state index in [2.05, 4.69) is 9.36 Å². The SMILES string of the molecule is CC(=O)C(C(=O)c1ccc(S(C)(=O)=O)cc1[N+](=O)[O-])c1nc(C)ns1. The molecule has 0 N–H and O–H groups in total. The summed E-state index contributed by atoms with van der Waals surface area (Å²) in [5, 5.41) is 11.4. The van der Waals surface area contributed by atoms with Crippen molar-refractivity contribution in [2.75, 3.05) is 6.26 Å². The molecule has 0 fully saturated rings. The number of nitrogens with zero attached hydrogens (tertiary/aromatic N) is 3. The molecule has 0 spiro atoms. The summed E-state index contributed by atoms with van der Waals surface area (Å²) in [6.07, 6.45) is 0.899. The summed E-state index contributed by atoms with van der Waals surface area (Å²) in [5.41, 5.74) is -1.04. The van der Waals surface area contributed by atoms with E-state index in [1.54, 1.807) is 6.92 Å². The number of nitro groups is 1. The van der Waals surface area contributed by atoms with Crippen molar-refractivity contribution in [3.63, 3.8) is 0 Å². The molecule has 1 unspecified atom stereocenters. The molecule has 0 bridgehead atoms. The molecule has 1 heterocycles. The first-order chi connectivity index (χ1) is 11.5. The van der Waals surface area contributed by atoms with Gasteiger partial charge in [0, 0.05) is 12.3 Å². The van der Waals surface area contributed by atoms with Gasteiger partial charge >= 0.3 is 0 Å². The number of carbonyl (C=O) groups is 2. The van der Waals surface area contributed by atoms with Crippen molar-refractivity contribution < 1.29 is 22.9 Å². The van der Waals surface area contributed by atoms with Crippen LogP contribution in [-0.2, 0) is 14.6 Å². The average molecular weight is 383 g/mol. The van der Waals surface area contributed by atoms with Crippen LogP contribution in [0.2, 0.25) is 0 Å². The fourth-order valence-corrected chi connectivity index (χ4v) is 3.62. The van der Waals surface area contributed by atoms with Crippen molar-refractivity contribution >= 4 is 38.6 Å². The lowest BCUT2D eigenvalue weighted by atomic mass is 9.94. The first kappa shape index (κ1) is 18.8. The average Bonchev–Trinajstić information content (AvgIpc) is 2.91. The zero-order valence-electron chi connectivity index (χ0n) is 13.4. The lowest BCUT2D eigenvalue weighted by Gasteiger charge is -2.10. The van der Waals surface area contributed by atoms with Gasteiger partial charge in [-0.2, -0.15) is 4.37 Å². The molecule has 0 radical (unpaired) electrons. The molecule has 132 valence electrons. The summed E-state index contributed by atoms with van der Waals surface area (Å²) in [6.45, 7) is 2.76. The van der Waals surface area contributed by atoms with Crippen molar-refractivity contribution in [3.8, 4) is 0 Å². The Kier molecular flexibility index (Phi) is 5.09. The lowest BCUT2D eigenvalue weighted by molar-refractivity contribution is -0.385. The topological polar surface area (TPSA) is 137 Å². The number of hydrogen-bond acceptors (Lipinski definition) is 9. The molecule has 2 aromatic rings. The van der Waals surface area contributed by atoms with E-state index in [-0.39, 0.29) is 15.5 Å². The fraction of sp³-hybridized carbons (Fsp3) is 0.286. The second-order valence-corrected chi connectivity index (χ2v) is 8.10. The molecule has 25 heavy (non-hydrogen) atoms. The highest BCUT2D eigenvalue weighted by Gasteiger charge is 2.34. The molecule has 1 aromatic carbocycles. The number of sulfone groups is 1. The molecule has 1 aromatic heterocycles. The van der Waals surface area contributed by atoms with E-state index in [9.17, 15) is 28.1 Å². The Morgan fingerprint density at radius 1 is 1.32 bits per heavy atom. The van der Waals surface area contributed by atoms with Crippen LogP contribution in [0.25, 0.3) is 0 Å². The highest BCUT2D eigenvalue weighted by Crippen LogP contribution is 2.30. The predicted octanol–water partition coefficient (Wildman–Crippen LogP) is 1.71. The summed E-state index contributed by atoms with van der Waals surface area (Å²) < 4.78 is 27.1. The number of ketones is 2. The molecular formula is C14H13N3O6S2. The van der Waals surface area contributed by atoms with Gasteiger partial charge in [0.2, 0.25) is 0 Å². The van der Waals surface area contributed by atoms with Gasteiger partial charge in [0.25, 0.3) is 5.69 Å². The number of rotatable bonds is 6. The number of aryl methyl sites for hydroxylation is 1. The number of benzene rings is 1. The highest BCUT2D eigenvalue weighted by molar-refractivity contribution is 7.90. The van der Waals surface area contributed by atoms with Gasteiger partial charge in [0.1, 0.15) is 22.5 Å². The molecule has 0 aliphatic carbocycles. The van der Waals surface area contributed by atoms with Gasteiger partial charge in [0.15, 0.2) is 15.6 Å². The second kappa shape index (κ2) is 6.76. The van der Waals surface area contributed by atoms with Gasteiger partial charge in [-0.25, -0.2) is 13.4 Å².